The van der Waals surface area contributed by atoms with Gasteiger partial charge in [-0.15, -0.1) is 0 Å². The summed E-state index contributed by atoms with van der Waals surface area (Å²) in [6, 6.07) is 7.13. The number of hydrogen-bond acceptors (Lipinski definition) is 3. The van der Waals surface area contributed by atoms with Crippen molar-refractivity contribution in [3.8, 4) is 5.75 Å². The van der Waals surface area contributed by atoms with Crippen molar-refractivity contribution in [2.45, 2.75) is 26.1 Å². The molecule has 0 saturated heterocycles. The maximum atomic E-state index is 11.3. The molecule has 0 aromatic heterocycles. The highest BCUT2D eigenvalue weighted by atomic mass is 16.5. The lowest BCUT2D eigenvalue weighted by atomic mass is 10.1. The third-order valence-electron chi connectivity index (χ3n) is 2.29. The standard InChI is InChI=1S/C12H17NO3/c1-8(14)10-6-4-5-7-11(10)16-9(2)12(15)13-3/h4-9,14H,1-3H3,(H,13,15). The molecule has 1 amide bonds. The van der Waals surface area contributed by atoms with Crippen LogP contribution in [0.4, 0.5) is 0 Å². The molecule has 0 spiro atoms. The number of hydrogen-bond donors (Lipinski definition) is 2. The van der Waals surface area contributed by atoms with Crippen LogP contribution in [-0.2, 0) is 4.79 Å². The van der Waals surface area contributed by atoms with Crippen LogP contribution in [0.3, 0.4) is 0 Å². The second-order valence-corrected chi connectivity index (χ2v) is 3.59. The lowest BCUT2D eigenvalue weighted by Crippen LogP contribution is -2.34. The monoisotopic (exact) mass is 223 g/mol. The van der Waals surface area contributed by atoms with Crippen LogP contribution < -0.4 is 10.1 Å². The molecule has 0 heterocycles. The second-order valence-electron chi connectivity index (χ2n) is 3.59. The number of rotatable bonds is 4. The zero-order valence-corrected chi connectivity index (χ0v) is 9.73. The number of nitrogens with one attached hydrogen (secondary N) is 1. The van der Waals surface area contributed by atoms with Crippen molar-refractivity contribution in [2.75, 3.05) is 7.05 Å². The number of amides is 1. The quantitative estimate of drug-likeness (QED) is 0.807. The van der Waals surface area contributed by atoms with Gasteiger partial charge in [0.1, 0.15) is 5.75 Å². The van der Waals surface area contributed by atoms with Gasteiger partial charge in [0.15, 0.2) is 6.10 Å². The largest absolute Gasteiger partial charge is 0.481 e. The molecule has 4 heteroatoms. The molecule has 0 radical (unpaired) electrons. The van der Waals surface area contributed by atoms with Crippen molar-refractivity contribution in [3.63, 3.8) is 0 Å². The summed E-state index contributed by atoms with van der Waals surface area (Å²) in [5.41, 5.74) is 0.679. The summed E-state index contributed by atoms with van der Waals surface area (Å²) in [6.45, 7) is 3.32. The van der Waals surface area contributed by atoms with Crippen molar-refractivity contribution in [2.24, 2.45) is 0 Å². The first kappa shape index (κ1) is 12.5. The summed E-state index contributed by atoms with van der Waals surface area (Å²) < 4.78 is 5.49. The smallest absolute Gasteiger partial charge is 0.260 e. The van der Waals surface area contributed by atoms with Crippen LogP contribution in [0.25, 0.3) is 0 Å². The Labute approximate surface area is 95.2 Å². The van der Waals surface area contributed by atoms with Crippen LogP contribution in [-0.4, -0.2) is 24.2 Å². The highest BCUT2D eigenvalue weighted by molar-refractivity contribution is 5.80. The van der Waals surface area contributed by atoms with E-state index in [0.29, 0.717) is 11.3 Å². The number of carbonyl (C=O) groups is 1. The topological polar surface area (TPSA) is 58.6 Å². The molecule has 0 bridgehead atoms. The van der Waals surface area contributed by atoms with Crippen LogP contribution in [0.2, 0.25) is 0 Å². The summed E-state index contributed by atoms with van der Waals surface area (Å²) in [5.74, 6) is 0.342. The molecule has 0 aliphatic rings. The lowest BCUT2D eigenvalue weighted by molar-refractivity contribution is -0.126. The lowest BCUT2D eigenvalue weighted by Gasteiger charge is -2.17. The Kier molecular flexibility index (Phi) is 4.31. The van der Waals surface area contributed by atoms with E-state index in [1.807, 2.05) is 6.07 Å². The Morgan fingerprint density at radius 2 is 2.00 bits per heavy atom. The molecule has 2 atom stereocenters. The number of ether oxygens (including phenoxy) is 1. The normalized spacial score (nSPS) is 14.0. The molecule has 0 aliphatic carbocycles. The van der Waals surface area contributed by atoms with Gasteiger partial charge in [-0.1, -0.05) is 18.2 Å². The highest BCUT2D eigenvalue weighted by Crippen LogP contribution is 2.25. The zero-order valence-electron chi connectivity index (χ0n) is 9.73. The van der Waals surface area contributed by atoms with Crippen molar-refractivity contribution < 1.29 is 14.6 Å². The molecule has 1 aromatic rings. The van der Waals surface area contributed by atoms with Gasteiger partial charge < -0.3 is 15.2 Å². The number of carbonyl (C=O) groups excluding carboxylic acids is 1. The van der Waals surface area contributed by atoms with Gasteiger partial charge in [-0.25, -0.2) is 0 Å². The number of aliphatic hydroxyl groups is 1. The maximum absolute atomic E-state index is 11.3. The van der Waals surface area contributed by atoms with Crippen LogP contribution >= 0.6 is 0 Å². The zero-order chi connectivity index (χ0) is 12.1. The Hall–Kier alpha value is -1.55. The van der Waals surface area contributed by atoms with Crippen molar-refractivity contribution in [1.82, 2.24) is 5.32 Å². The van der Waals surface area contributed by atoms with E-state index < -0.39 is 12.2 Å². The van der Waals surface area contributed by atoms with E-state index in [9.17, 15) is 9.90 Å². The molecule has 88 valence electrons. The molecule has 0 aliphatic heterocycles. The van der Waals surface area contributed by atoms with Crippen LogP contribution in [0.1, 0.15) is 25.5 Å². The first-order valence-corrected chi connectivity index (χ1v) is 5.21. The fourth-order valence-corrected chi connectivity index (χ4v) is 1.38. The van der Waals surface area contributed by atoms with Gasteiger partial charge in [0.05, 0.1) is 6.10 Å². The Morgan fingerprint density at radius 1 is 1.38 bits per heavy atom. The Morgan fingerprint density at radius 3 is 2.56 bits per heavy atom. The maximum Gasteiger partial charge on any atom is 0.260 e. The van der Waals surface area contributed by atoms with Crippen LogP contribution in [0.15, 0.2) is 24.3 Å². The molecule has 2 unspecified atom stereocenters. The van der Waals surface area contributed by atoms with E-state index in [1.54, 1.807) is 39.1 Å². The van der Waals surface area contributed by atoms with Gasteiger partial charge in [-0.3, -0.25) is 4.79 Å². The molecule has 1 aromatic carbocycles. The minimum Gasteiger partial charge on any atom is -0.481 e. The average molecular weight is 223 g/mol. The van der Waals surface area contributed by atoms with Gasteiger partial charge in [0, 0.05) is 12.6 Å². The molecule has 0 fully saturated rings. The summed E-state index contributed by atoms with van der Waals surface area (Å²) in [4.78, 5) is 11.3. The highest BCUT2D eigenvalue weighted by Gasteiger charge is 2.15. The summed E-state index contributed by atoms with van der Waals surface area (Å²) in [6.07, 6.45) is -1.20. The number of benzene rings is 1. The molecule has 4 nitrogen and oxygen atoms in total. The summed E-state index contributed by atoms with van der Waals surface area (Å²) in [7, 11) is 1.56. The fraction of sp³-hybridized carbons (Fsp3) is 0.417. The second kappa shape index (κ2) is 5.51. The van der Waals surface area contributed by atoms with Crippen molar-refractivity contribution in [3.05, 3.63) is 29.8 Å². The molecule has 16 heavy (non-hydrogen) atoms. The van der Waals surface area contributed by atoms with Gasteiger partial charge in [0.2, 0.25) is 0 Å². The van der Waals surface area contributed by atoms with E-state index in [-0.39, 0.29) is 5.91 Å². The number of para-hydroxylation sites is 1. The molecular weight excluding hydrogens is 206 g/mol. The van der Waals surface area contributed by atoms with Gasteiger partial charge in [0.25, 0.3) is 5.91 Å². The predicted octanol–water partition coefficient (Wildman–Crippen LogP) is 1.25. The number of aliphatic hydroxyl groups excluding tert-OH is 1. The third kappa shape index (κ3) is 2.97. The van der Waals surface area contributed by atoms with E-state index in [1.165, 1.54) is 0 Å². The number of likely N-dealkylation sites (N-methyl/N-ethyl adjacent to an activating group) is 1. The molecule has 2 N–H and O–H groups in total. The first-order chi connectivity index (χ1) is 7.56. The molecule has 1 rings (SSSR count). The SMILES string of the molecule is CNC(=O)C(C)Oc1ccccc1C(C)O. The van der Waals surface area contributed by atoms with Crippen molar-refractivity contribution >= 4 is 5.91 Å². The summed E-state index contributed by atoms with van der Waals surface area (Å²) in [5, 5.41) is 12.0. The Bertz CT molecular complexity index is 363. The molecular formula is C12H17NO3. The Balaban J connectivity index is 2.84. The van der Waals surface area contributed by atoms with Crippen molar-refractivity contribution in [1.29, 1.82) is 0 Å². The minimum absolute atomic E-state index is 0.194. The average Bonchev–Trinajstić information content (AvgIpc) is 2.28. The third-order valence-corrected chi connectivity index (χ3v) is 2.29. The fourth-order valence-electron chi connectivity index (χ4n) is 1.38. The predicted molar refractivity (Wildman–Crippen MR) is 61.2 cm³/mol. The van der Waals surface area contributed by atoms with Crippen LogP contribution in [0.5, 0.6) is 5.75 Å². The van der Waals surface area contributed by atoms with E-state index in [4.69, 9.17) is 4.74 Å². The minimum atomic E-state index is -0.618. The van der Waals surface area contributed by atoms with E-state index in [0.717, 1.165) is 0 Å². The van der Waals surface area contributed by atoms with Gasteiger partial charge in [-0.05, 0) is 19.9 Å². The van der Waals surface area contributed by atoms with Gasteiger partial charge in [-0.2, -0.15) is 0 Å². The van der Waals surface area contributed by atoms with Crippen LogP contribution in [0, 0.1) is 0 Å². The summed E-state index contributed by atoms with van der Waals surface area (Å²) >= 11 is 0. The first-order valence-electron chi connectivity index (χ1n) is 5.21. The van der Waals surface area contributed by atoms with E-state index in [2.05, 4.69) is 5.32 Å². The van der Waals surface area contributed by atoms with Gasteiger partial charge >= 0.3 is 0 Å². The molecule has 0 saturated carbocycles. The van der Waals surface area contributed by atoms with E-state index >= 15 is 0 Å².